The number of amides is 1. The van der Waals surface area contributed by atoms with Gasteiger partial charge in [0.05, 0.1) is 16.4 Å². The minimum absolute atomic E-state index is 0.0810. The fourth-order valence-corrected chi connectivity index (χ4v) is 3.97. The molecule has 1 aromatic carbocycles. The molecule has 1 aliphatic rings. The second-order valence-corrected chi connectivity index (χ2v) is 8.59. The van der Waals surface area contributed by atoms with Crippen LogP contribution < -0.4 is 15.0 Å². The average Bonchev–Trinajstić information content (AvgIpc) is 2.97. The van der Waals surface area contributed by atoms with Gasteiger partial charge in [0.25, 0.3) is 0 Å². The van der Waals surface area contributed by atoms with Crippen molar-refractivity contribution in [2.75, 3.05) is 10.2 Å². The first kappa shape index (κ1) is 18.0. The van der Waals surface area contributed by atoms with E-state index in [0.717, 1.165) is 34.2 Å². The van der Waals surface area contributed by atoms with Crippen molar-refractivity contribution in [1.82, 2.24) is 4.37 Å². The topological polar surface area (TPSA) is 54.5 Å². The van der Waals surface area contributed by atoms with Crippen LogP contribution in [0.15, 0.2) is 18.2 Å². The molecule has 1 aromatic heterocycles. The van der Waals surface area contributed by atoms with Crippen LogP contribution in [0.5, 0.6) is 5.75 Å². The third kappa shape index (κ3) is 3.75. The Bertz CT molecular complexity index is 813. The highest BCUT2D eigenvalue weighted by molar-refractivity contribution is 7.11. The Kier molecular flexibility index (Phi) is 4.68. The SMILES string of the molecule is CC(=O)Nc1ccc2c(c1)N(c1snc(C)c1Cl)C(CC(C)(C)C)O2. The zero-order chi connectivity index (χ0) is 18.4. The largest absolute Gasteiger partial charge is 0.468 e. The normalized spacial score (nSPS) is 16.6. The van der Waals surface area contributed by atoms with Crippen LogP contribution in [-0.4, -0.2) is 16.5 Å². The molecule has 1 aliphatic heterocycles. The standard InChI is InChI=1S/C18H22ClN3O2S/c1-10-16(19)17(25-21-10)22-13-8-12(20-11(2)23)6-7-14(13)24-15(22)9-18(3,4)5/h6-8,15H,9H2,1-5H3,(H,20,23). The number of aryl methyl sites for hydroxylation is 1. The van der Waals surface area contributed by atoms with Crippen molar-refractivity contribution < 1.29 is 9.53 Å². The number of aromatic nitrogens is 1. The van der Waals surface area contributed by atoms with E-state index >= 15 is 0 Å². The number of nitrogens with one attached hydrogen (secondary N) is 1. The van der Waals surface area contributed by atoms with Gasteiger partial charge in [-0.3, -0.25) is 9.69 Å². The summed E-state index contributed by atoms with van der Waals surface area (Å²) in [6, 6.07) is 5.65. The van der Waals surface area contributed by atoms with E-state index in [1.54, 1.807) is 0 Å². The number of anilines is 3. The van der Waals surface area contributed by atoms with E-state index in [9.17, 15) is 4.79 Å². The number of hydrogen-bond donors (Lipinski definition) is 1. The molecule has 0 radical (unpaired) electrons. The molecule has 2 heterocycles. The number of benzene rings is 1. The lowest BCUT2D eigenvalue weighted by Crippen LogP contribution is -2.34. The number of carbonyl (C=O) groups excluding carboxylic acids is 1. The average molecular weight is 380 g/mol. The molecule has 5 nitrogen and oxygen atoms in total. The van der Waals surface area contributed by atoms with Crippen molar-refractivity contribution in [3.05, 3.63) is 28.9 Å². The quantitative estimate of drug-likeness (QED) is 0.780. The molecule has 2 aromatic rings. The molecule has 1 N–H and O–H groups in total. The summed E-state index contributed by atoms with van der Waals surface area (Å²) in [5, 5.41) is 4.33. The monoisotopic (exact) mass is 379 g/mol. The minimum atomic E-state index is -0.167. The summed E-state index contributed by atoms with van der Waals surface area (Å²) in [6.45, 7) is 9.93. The van der Waals surface area contributed by atoms with Crippen LogP contribution in [0.2, 0.25) is 5.02 Å². The first-order valence-electron chi connectivity index (χ1n) is 8.15. The number of ether oxygens (including phenoxy) is 1. The van der Waals surface area contributed by atoms with Crippen LogP contribution in [0.1, 0.15) is 39.8 Å². The Hall–Kier alpha value is -1.79. The van der Waals surface area contributed by atoms with E-state index in [1.807, 2.05) is 25.1 Å². The number of carbonyl (C=O) groups is 1. The fourth-order valence-electron chi connectivity index (χ4n) is 2.83. The molecule has 1 unspecified atom stereocenters. The van der Waals surface area contributed by atoms with Crippen LogP contribution >= 0.6 is 23.1 Å². The summed E-state index contributed by atoms with van der Waals surface area (Å²) < 4.78 is 10.6. The van der Waals surface area contributed by atoms with Crippen LogP contribution in [0, 0.1) is 12.3 Å². The Labute approximate surface area is 157 Å². The smallest absolute Gasteiger partial charge is 0.221 e. The summed E-state index contributed by atoms with van der Waals surface area (Å²) in [5.41, 5.74) is 2.51. The highest BCUT2D eigenvalue weighted by Crippen LogP contribution is 2.49. The lowest BCUT2D eigenvalue weighted by atomic mass is 9.91. The number of hydrogen-bond acceptors (Lipinski definition) is 5. The van der Waals surface area contributed by atoms with Gasteiger partial charge in [-0.2, -0.15) is 4.37 Å². The molecule has 1 atom stereocenters. The van der Waals surface area contributed by atoms with Gasteiger partial charge in [0.1, 0.15) is 10.8 Å². The maximum absolute atomic E-state index is 11.4. The van der Waals surface area contributed by atoms with Crippen LogP contribution in [0.25, 0.3) is 0 Å². The van der Waals surface area contributed by atoms with Gasteiger partial charge in [0.2, 0.25) is 5.91 Å². The molecule has 134 valence electrons. The third-order valence-corrected chi connectivity index (χ3v) is 5.37. The second-order valence-electron chi connectivity index (χ2n) is 7.46. The summed E-state index contributed by atoms with van der Waals surface area (Å²) in [6.07, 6.45) is 0.657. The van der Waals surface area contributed by atoms with E-state index in [2.05, 4.69) is 35.4 Å². The van der Waals surface area contributed by atoms with Gasteiger partial charge in [0.15, 0.2) is 6.23 Å². The zero-order valence-electron chi connectivity index (χ0n) is 15.0. The molecule has 0 aliphatic carbocycles. The molecular weight excluding hydrogens is 358 g/mol. The Morgan fingerprint density at radius 1 is 1.44 bits per heavy atom. The lowest BCUT2D eigenvalue weighted by molar-refractivity contribution is -0.114. The number of rotatable bonds is 3. The van der Waals surface area contributed by atoms with Crippen molar-refractivity contribution in [2.45, 2.75) is 47.3 Å². The molecule has 0 fully saturated rings. The molecule has 25 heavy (non-hydrogen) atoms. The van der Waals surface area contributed by atoms with E-state index in [1.165, 1.54) is 18.5 Å². The van der Waals surface area contributed by atoms with Gasteiger partial charge >= 0.3 is 0 Å². The first-order chi connectivity index (χ1) is 11.7. The van der Waals surface area contributed by atoms with Gasteiger partial charge in [-0.1, -0.05) is 32.4 Å². The maximum Gasteiger partial charge on any atom is 0.221 e. The first-order valence-corrected chi connectivity index (χ1v) is 9.30. The van der Waals surface area contributed by atoms with Crippen LogP contribution in [0.3, 0.4) is 0 Å². The van der Waals surface area contributed by atoms with E-state index in [-0.39, 0.29) is 17.6 Å². The number of fused-ring (bicyclic) bond motifs is 1. The fraction of sp³-hybridized carbons (Fsp3) is 0.444. The lowest BCUT2D eigenvalue weighted by Gasteiger charge is -2.29. The van der Waals surface area contributed by atoms with Gasteiger partial charge in [0, 0.05) is 19.0 Å². The third-order valence-electron chi connectivity index (χ3n) is 3.87. The van der Waals surface area contributed by atoms with E-state index in [4.69, 9.17) is 16.3 Å². The zero-order valence-corrected chi connectivity index (χ0v) is 16.6. The van der Waals surface area contributed by atoms with Crippen LogP contribution in [-0.2, 0) is 4.79 Å². The highest BCUT2D eigenvalue weighted by atomic mass is 35.5. The second kappa shape index (κ2) is 6.50. The van der Waals surface area contributed by atoms with Crippen molar-refractivity contribution in [1.29, 1.82) is 0 Å². The molecule has 0 saturated heterocycles. The van der Waals surface area contributed by atoms with Crippen molar-refractivity contribution in [3.8, 4) is 5.75 Å². The molecule has 7 heteroatoms. The molecular formula is C18H22ClN3O2S. The molecule has 0 bridgehead atoms. The van der Waals surface area contributed by atoms with Crippen LogP contribution in [0.4, 0.5) is 16.4 Å². The summed E-state index contributed by atoms with van der Waals surface area (Å²) in [7, 11) is 0. The van der Waals surface area contributed by atoms with Gasteiger partial charge in [-0.25, -0.2) is 0 Å². The number of nitrogens with zero attached hydrogens (tertiary/aromatic N) is 2. The Balaban J connectivity index is 2.06. The predicted octanol–water partition coefficient (Wildman–Crippen LogP) is 5.36. The highest BCUT2D eigenvalue weighted by Gasteiger charge is 2.37. The number of halogens is 1. The van der Waals surface area contributed by atoms with E-state index in [0.29, 0.717) is 5.02 Å². The summed E-state index contributed by atoms with van der Waals surface area (Å²) >= 11 is 7.86. The summed E-state index contributed by atoms with van der Waals surface area (Å²) in [4.78, 5) is 13.5. The molecule has 0 spiro atoms. The minimum Gasteiger partial charge on any atom is -0.468 e. The summed E-state index contributed by atoms with van der Waals surface area (Å²) in [5.74, 6) is 0.675. The van der Waals surface area contributed by atoms with Crippen molar-refractivity contribution in [3.63, 3.8) is 0 Å². The molecule has 3 rings (SSSR count). The van der Waals surface area contributed by atoms with Crippen molar-refractivity contribution in [2.24, 2.45) is 5.41 Å². The Morgan fingerprint density at radius 3 is 2.72 bits per heavy atom. The van der Waals surface area contributed by atoms with Gasteiger partial charge in [-0.05, 0) is 42.1 Å². The van der Waals surface area contributed by atoms with E-state index < -0.39 is 0 Å². The Morgan fingerprint density at radius 2 is 2.16 bits per heavy atom. The maximum atomic E-state index is 11.4. The van der Waals surface area contributed by atoms with Gasteiger partial charge < -0.3 is 10.1 Å². The van der Waals surface area contributed by atoms with Crippen molar-refractivity contribution >= 4 is 45.4 Å². The molecule has 0 saturated carbocycles. The van der Waals surface area contributed by atoms with Gasteiger partial charge in [-0.15, -0.1) is 0 Å². The molecule has 1 amide bonds. The predicted molar refractivity (Wildman–Crippen MR) is 103 cm³/mol.